The predicted molar refractivity (Wildman–Crippen MR) is 194 cm³/mol. The van der Waals surface area contributed by atoms with Crippen LogP contribution in [0.4, 0.5) is 4.79 Å². The van der Waals surface area contributed by atoms with Crippen molar-refractivity contribution in [2.24, 2.45) is 0 Å². The monoisotopic (exact) mass is 728 g/mol. The van der Waals surface area contributed by atoms with Crippen LogP contribution in [0.2, 0.25) is 10.3 Å². The van der Waals surface area contributed by atoms with Crippen molar-refractivity contribution in [3.63, 3.8) is 0 Å². The summed E-state index contributed by atoms with van der Waals surface area (Å²) in [6, 6.07) is 31.5. The summed E-state index contributed by atoms with van der Waals surface area (Å²) >= 11 is 12.5. The Labute approximate surface area is 306 Å². The summed E-state index contributed by atoms with van der Waals surface area (Å²) in [6.45, 7) is 0.628. The lowest BCUT2D eigenvalue weighted by Gasteiger charge is -2.36. The Hall–Kier alpha value is -4.71. The van der Waals surface area contributed by atoms with Crippen LogP contribution in [0.5, 0.6) is 0 Å². The smallest absolute Gasteiger partial charge is 0.328 e. The molecule has 264 valence electrons. The molecule has 0 spiro atoms. The van der Waals surface area contributed by atoms with Gasteiger partial charge in [0.15, 0.2) is 11.4 Å². The molecule has 5 aromatic rings. The lowest BCUT2D eigenvalue weighted by Crippen LogP contribution is -2.47. The van der Waals surface area contributed by atoms with Crippen LogP contribution < -0.4 is 10.6 Å². The third kappa shape index (κ3) is 9.15. The number of aliphatic hydroxyl groups is 1. The fourth-order valence-corrected chi connectivity index (χ4v) is 6.38. The number of imidazole rings is 1. The highest BCUT2D eigenvalue weighted by atomic mass is 35.5. The first-order chi connectivity index (χ1) is 24.8. The van der Waals surface area contributed by atoms with Crippen LogP contribution in [-0.4, -0.2) is 45.9 Å². The number of amides is 2. The van der Waals surface area contributed by atoms with Gasteiger partial charge < -0.3 is 34.5 Å². The average molecular weight is 730 g/mol. The van der Waals surface area contributed by atoms with Gasteiger partial charge in [0.25, 0.3) is 0 Å². The van der Waals surface area contributed by atoms with Gasteiger partial charge in [-0.3, -0.25) is 0 Å². The number of benzene rings is 4. The van der Waals surface area contributed by atoms with Crippen molar-refractivity contribution in [2.45, 2.75) is 57.1 Å². The van der Waals surface area contributed by atoms with Crippen LogP contribution in [0, 0.1) is 0 Å². The van der Waals surface area contributed by atoms with Gasteiger partial charge in [0.1, 0.15) is 11.2 Å². The number of methoxy groups -OCH3 is 1. The largest absolute Gasteiger partial charge is 0.467 e. The minimum absolute atomic E-state index is 0.0383. The maximum atomic E-state index is 12.9. The average Bonchev–Trinajstić information content (AvgIpc) is 3.49. The normalized spacial score (nSPS) is 17.8. The zero-order valence-corrected chi connectivity index (χ0v) is 29.4. The summed E-state index contributed by atoms with van der Waals surface area (Å²) < 4.78 is 19.7. The first kappa shape index (κ1) is 36.1. The fourth-order valence-electron chi connectivity index (χ4n) is 6.07. The molecule has 12 heteroatoms. The van der Waals surface area contributed by atoms with Crippen LogP contribution >= 0.6 is 23.2 Å². The highest BCUT2D eigenvalue weighted by Crippen LogP contribution is 2.39. The molecule has 0 radical (unpaired) electrons. The summed E-state index contributed by atoms with van der Waals surface area (Å²) in [7, 11) is 1.30. The van der Waals surface area contributed by atoms with E-state index in [1.54, 1.807) is 10.9 Å². The molecule has 51 heavy (non-hydrogen) atoms. The predicted octanol–water partition coefficient (Wildman–Crippen LogP) is 7.18. The van der Waals surface area contributed by atoms with Crippen LogP contribution in [0.3, 0.4) is 0 Å². The molecule has 1 aliphatic rings. The quantitative estimate of drug-likeness (QED) is 0.116. The SMILES string of the molecule is COC(=O)[C@H](Cc1ccccc1)NC(=O)NCc1ccccc1-c1ccc([C@@H]2O[C@H](Cn3cnc(Cl)c3Cl)C[C@H](c3ccc(CO)cc3)O2)cc1. The third-order valence-corrected chi connectivity index (χ3v) is 9.54. The van der Waals surface area contributed by atoms with Crippen LogP contribution in [0.25, 0.3) is 11.1 Å². The van der Waals surface area contributed by atoms with E-state index in [0.717, 1.165) is 38.9 Å². The molecule has 4 aromatic carbocycles. The van der Waals surface area contributed by atoms with Gasteiger partial charge in [-0.2, -0.15) is 0 Å². The Balaban J connectivity index is 1.15. The van der Waals surface area contributed by atoms with E-state index in [4.69, 9.17) is 37.4 Å². The van der Waals surface area contributed by atoms with Gasteiger partial charge in [-0.25, -0.2) is 14.6 Å². The Bertz CT molecular complexity index is 1920. The number of nitrogens with zero attached hydrogens (tertiary/aromatic N) is 2. The fraction of sp³-hybridized carbons (Fsp3) is 0.256. The summed E-state index contributed by atoms with van der Waals surface area (Å²) in [5, 5.41) is 15.7. The minimum Gasteiger partial charge on any atom is -0.467 e. The van der Waals surface area contributed by atoms with Crippen LogP contribution in [0.15, 0.2) is 109 Å². The Kier molecular flexibility index (Phi) is 12.0. The van der Waals surface area contributed by atoms with Gasteiger partial charge in [-0.15, -0.1) is 0 Å². The molecule has 1 aliphatic heterocycles. The number of hydrogen-bond donors (Lipinski definition) is 3. The Morgan fingerprint density at radius 2 is 1.63 bits per heavy atom. The number of halogens is 2. The number of carbonyl (C=O) groups excluding carboxylic acids is 2. The number of nitrogens with one attached hydrogen (secondary N) is 2. The van der Waals surface area contributed by atoms with Gasteiger partial charge in [-0.05, 0) is 33.4 Å². The van der Waals surface area contributed by atoms with Crippen molar-refractivity contribution in [3.05, 3.63) is 148 Å². The van der Waals surface area contributed by atoms with Crippen molar-refractivity contribution in [3.8, 4) is 11.1 Å². The molecule has 10 nitrogen and oxygen atoms in total. The Morgan fingerprint density at radius 1 is 0.922 bits per heavy atom. The molecule has 0 unspecified atom stereocenters. The molecule has 3 N–H and O–H groups in total. The second kappa shape index (κ2) is 17.0. The molecular weight excluding hydrogens is 691 g/mol. The van der Waals surface area contributed by atoms with E-state index in [-0.39, 0.29) is 30.5 Å². The van der Waals surface area contributed by atoms with Crippen molar-refractivity contribution in [1.82, 2.24) is 20.2 Å². The topological polar surface area (TPSA) is 124 Å². The molecule has 0 saturated carbocycles. The number of aromatic nitrogens is 2. The van der Waals surface area contributed by atoms with Crippen LogP contribution in [0.1, 0.15) is 46.6 Å². The molecule has 1 aromatic heterocycles. The van der Waals surface area contributed by atoms with E-state index in [0.29, 0.717) is 24.5 Å². The van der Waals surface area contributed by atoms with Gasteiger partial charge in [0.2, 0.25) is 0 Å². The minimum atomic E-state index is -0.835. The third-order valence-electron chi connectivity index (χ3n) is 8.77. The van der Waals surface area contributed by atoms with Crippen molar-refractivity contribution in [1.29, 1.82) is 0 Å². The van der Waals surface area contributed by atoms with E-state index in [2.05, 4.69) is 15.6 Å². The van der Waals surface area contributed by atoms with Crippen molar-refractivity contribution >= 4 is 35.2 Å². The van der Waals surface area contributed by atoms with E-state index < -0.39 is 24.3 Å². The van der Waals surface area contributed by atoms with Gasteiger partial charge in [-0.1, -0.05) is 126 Å². The zero-order chi connectivity index (χ0) is 35.7. The van der Waals surface area contributed by atoms with Crippen molar-refractivity contribution < 1.29 is 28.9 Å². The number of rotatable bonds is 12. The van der Waals surface area contributed by atoms with E-state index >= 15 is 0 Å². The molecule has 1 fully saturated rings. The summed E-state index contributed by atoms with van der Waals surface area (Å²) in [4.78, 5) is 29.5. The highest BCUT2D eigenvalue weighted by molar-refractivity contribution is 6.40. The molecular formula is C39H38Cl2N4O6. The lowest BCUT2D eigenvalue weighted by atomic mass is 9.97. The standard InChI is InChI=1S/C39H38Cl2N4O6/c1-49-37(47)33(19-25-7-3-2-4-8-25)44-39(48)42-21-30-9-5-6-10-32(30)27-15-17-29(18-16-27)38-50-31(22-45-24-43-35(40)36(45)41)20-34(51-38)28-13-11-26(23-46)12-14-28/h2-18,24,31,33-34,38,46H,19-23H2,1H3,(H2,42,44,48)/t31-,33-,34+,38+/m0/s1. The molecule has 2 amide bonds. The summed E-state index contributed by atoms with van der Waals surface area (Å²) in [6.07, 6.45) is 1.26. The number of urea groups is 1. The highest BCUT2D eigenvalue weighted by Gasteiger charge is 2.33. The Morgan fingerprint density at radius 3 is 2.31 bits per heavy atom. The number of carbonyl (C=O) groups is 2. The number of esters is 1. The molecule has 6 rings (SSSR count). The second-order valence-corrected chi connectivity index (χ2v) is 12.9. The van der Waals surface area contributed by atoms with Gasteiger partial charge in [0, 0.05) is 24.9 Å². The molecule has 1 saturated heterocycles. The second-order valence-electron chi connectivity index (χ2n) is 12.2. The lowest BCUT2D eigenvalue weighted by molar-refractivity contribution is -0.252. The molecule has 4 atom stereocenters. The first-order valence-electron chi connectivity index (χ1n) is 16.5. The summed E-state index contributed by atoms with van der Waals surface area (Å²) in [5.41, 5.74) is 6.30. The summed E-state index contributed by atoms with van der Waals surface area (Å²) in [5.74, 6) is -0.521. The maximum absolute atomic E-state index is 12.9. The number of aliphatic hydroxyl groups excluding tert-OH is 1. The van der Waals surface area contributed by atoms with E-state index in [9.17, 15) is 14.7 Å². The van der Waals surface area contributed by atoms with E-state index in [1.807, 2.05) is 103 Å². The zero-order valence-electron chi connectivity index (χ0n) is 27.9. The van der Waals surface area contributed by atoms with Crippen molar-refractivity contribution in [2.75, 3.05) is 7.11 Å². The molecule has 0 bridgehead atoms. The molecule has 2 heterocycles. The van der Waals surface area contributed by atoms with Gasteiger partial charge >= 0.3 is 12.0 Å². The number of ether oxygens (including phenoxy) is 3. The molecule has 0 aliphatic carbocycles. The maximum Gasteiger partial charge on any atom is 0.328 e. The van der Waals surface area contributed by atoms with Crippen LogP contribution in [-0.2, 0) is 45.1 Å². The first-order valence-corrected chi connectivity index (χ1v) is 17.3. The van der Waals surface area contributed by atoms with Gasteiger partial charge in [0.05, 0.1) is 38.8 Å². The number of hydrogen-bond acceptors (Lipinski definition) is 7. The van der Waals surface area contributed by atoms with E-state index in [1.165, 1.54) is 7.11 Å².